The lowest BCUT2D eigenvalue weighted by atomic mass is 10.2. The summed E-state index contributed by atoms with van der Waals surface area (Å²) in [6.07, 6.45) is 2.33. The van der Waals surface area contributed by atoms with Crippen molar-refractivity contribution in [2.24, 2.45) is 0 Å². The van der Waals surface area contributed by atoms with E-state index in [-0.39, 0.29) is 5.91 Å². The van der Waals surface area contributed by atoms with Gasteiger partial charge in [0.25, 0.3) is 0 Å². The molecule has 0 N–H and O–H groups in total. The van der Waals surface area contributed by atoms with E-state index in [0.29, 0.717) is 13.0 Å². The number of aromatic nitrogens is 1. The number of amides is 1. The Balaban J connectivity index is 2.64. The Morgan fingerprint density at radius 3 is 2.86 bits per heavy atom. The topological polar surface area (TPSA) is 33.2 Å². The maximum Gasteiger partial charge on any atom is 0.222 e. The zero-order chi connectivity index (χ0) is 10.6. The second kappa shape index (κ2) is 4.74. The van der Waals surface area contributed by atoms with Crippen molar-refractivity contribution in [2.75, 3.05) is 7.05 Å². The molecule has 1 aromatic heterocycles. The zero-order valence-electron chi connectivity index (χ0n) is 8.95. The first kappa shape index (κ1) is 10.7. The van der Waals surface area contributed by atoms with Gasteiger partial charge in [-0.25, -0.2) is 0 Å². The summed E-state index contributed by atoms with van der Waals surface area (Å²) in [6, 6.07) is 3.94. The Labute approximate surface area is 84.8 Å². The van der Waals surface area contributed by atoms with Gasteiger partial charge in [-0.15, -0.1) is 0 Å². The highest BCUT2D eigenvalue weighted by atomic mass is 16.2. The molecule has 14 heavy (non-hydrogen) atoms. The number of carbonyl (C=O) groups excluding carboxylic acids is 1. The molecular weight excluding hydrogens is 176 g/mol. The van der Waals surface area contributed by atoms with Gasteiger partial charge in [-0.05, 0) is 24.6 Å². The molecule has 0 spiro atoms. The first-order chi connectivity index (χ1) is 6.63. The van der Waals surface area contributed by atoms with Gasteiger partial charge in [-0.2, -0.15) is 0 Å². The predicted octanol–water partition coefficient (Wildman–Crippen LogP) is 1.76. The molecule has 1 aromatic rings. The summed E-state index contributed by atoms with van der Waals surface area (Å²) in [5.41, 5.74) is 2.11. The molecule has 0 saturated carbocycles. The summed E-state index contributed by atoms with van der Waals surface area (Å²) in [7, 11) is 1.82. The minimum absolute atomic E-state index is 0.166. The van der Waals surface area contributed by atoms with Gasteiger partial charge in [0.05, 0.1) is 0 Å². The summed E-state index contributed by atoms with van der Waals surface area (Å²) in [4.78, 5) is 17.2. The van der Waals surface area contributed by atoms with Gasteiger partial charge in [0.2, 0.25) is 5.91 Å². The molecule has 0 radical (unpaired) electrons. The molecule has 0 aliphatic rings. The van der Waals surface area contributed by atoms with Crippen LogP contribution in [0, 0.1) is 6.92 Å². The highest BCUT2D eigenvalue weighted by molar-refractivity contribution is 5.75. The molecule has 0 aromatic carbocycles. The van der Waals surface area contributed by atoms with Crippen molar-refractivity contribution in [1.29, 1.82) is 0 Å². The second-order valence-corrected chi connectivity index (χ2v) is 3.41. The van der Waals surface area contributed by atoms with Crippen LogP contribution in [0.4, 0.5) is 0 Å². The lowest BCUT2D eigenvalue weighted by Crippen LogP contribution is -2.25. The minimum atomic E-state index is 0.166. The third kappa shape index (κ3) is 2.83. The Morgan fingerprint density at radius 2 is 2.29 bits per heavy atom. The standard InChI is InChI=1S/C11H16N2O/c1-4-11(14)13(3)8-10-5-6-12-9(2)7-10/h5-7H,4,8H2,1-3H3. The predicted molar refractivity (Wildman–Crippen MR) is 55.7 cm³/mol. The number of nitrogens with zero attached hydrogens (tertiary/aromatic N) is 2. The molecule has 76 valence electrons. The number of hydrogen-bond donors (Lipinski definition) is 0. The maximum absolute atomic E-state index is 11.3. The van der Waals surface area contributed by atoms with Gasteiger partial charge in [0.1, 0.15) is 0 Å². The van der Waals surface area contributed by atoms with Crippen LogP contribution in [0.5, 0.6) is 0 Å². The van der Waals surface area contributed by atoms with E-state index in [2.05, 4.69) is 4.98 Å². The summed E-state index contributed by atoms with van der Waals surface area (Å²) in [5.74, 6) is 0.166. The molecule has 1 heterocycles. The van der Waals surface area contributed by atoms with Crippen LogP contribution in [0.25, 0.3) is 0 Å². The molecule has 3 heteroatoms. The van der Waals surface area contributed by atoms with E-state index in [1.54, 1.807) is 11.1 Å². The van der Waals surface area contributed by atoms with E-state index in [1.807, 2.05) is 33.0 Å². The lowest BCUT2D eigenvalue weighted by Gasteiger charge is -2.16. The fraction of sp³-hybridized carbons (Fsp3) is 0.455. The van der Waals surface area contributed by atoms with Crippen molar-refractivity contribution in [2.45, 2.75) is 26.8 Å². The van der Waals surface area contributed by atoms with Crippen LogP contribution in [0.3, 0.4) is 0 Å². The number of rotatable bonds is 3. The van der Waals surface area contributed by atoms with E-state index >= 15 is 0 Å². The first-order valence-electron chi connectivity index (χ1n) is 4.79. The molecule has 0 fully saturated rings. The van der Waals surface area contributed by atoms with Crippen molar-refractivity contribution in [3.05, 3.63) is 29.6 Å². The van der Waals surface area contributed by atoms with Crippen LogP contribution in [-0.4, -0.2) is 22.8 Å². The van der Waals surface area contributed by atoms with Crippen molar-refractivity contribution in [3.8, 4) is 0 Å². The van der Waals surface area contributed by atoms with Crippen LogP contribution in [0.1, 0.15) is 24.6 Å². The lowest BCUT2D eigenvalue weighted by molar-refractivity contribution is -0.130. The maximum atomic E-state index is 11.3. The number of pyridine rings is 1. The Kier molecular flexibility index (Phi) is 3.63. The summed E-state index contributed by atoms with van der Waals surface area (Å²) >= 11 is 0. The Hall–Kier alpha value is -1.38. The van der Waals surface area contributed by atoms with E-state index in [4.69, 9.17) is 0 Å². The quantitative estimate of drug-likeness (QED) is 0.731. The number of aryl methyl sites for hydroxylation is 1. The van der Waals surface area contributed by atoms with Crippen LogP contribution >= 0.6 is 0 Å². The Bertz CT molecular complexity index is 323. The average molecular weight is 192 g/mol. The van der Waals surface area contributed by atoms with Gasteiger partial charge in [-0.1, -0.05) is 6.92 Å². The van der Waals surface area contributed by atoms with Crippen molar-refractivity contribution in [3.63, 3.8) is 0 Å². The molecule has 0 unspecified atom stereocenters. The van der Waals surface area contributed by atoms with Gasteiger partial charge in [0.15, 0.2) is 0 Å². The van der Waals surface area contributed by atoms with Gasteiger partial charge in [-0.3, -0.25) is 9.78 Å². The highest BCUT2D eigenvalue weighted by Gasteiger charge is 2.06. The van der Waals surface area contributed by atoms with Gasteiger partial charge >= 0.3 is 0 Å². The van der Waals surface area contributed by atoms with Crippen LogP contribution < -0.4 is 0 Å². The SMILES string of the molecule is CCC(=O)N(C)Cc1ccnc(C)c1. The fourth-order valence-corrected chi connectivity index (χ4v) is 1.33. The van der Waals surface area contributed by atoms with Crippen molar-refractivity contribution in [1.82, 2.24) is 9.88 Å². The number of hydrogen-bond acceptors (Lipinski definition) is 2. The monoisotopic (exact) mass is 192 g/mol. The summed E-state index contributed by atoms with van der Waals surface area (Å²) in [5, 5.41) is 0. The third-order valence-electron chi connectivity index (χ3n) is 2.11. The number of carbonyl (C=O) groups is 1. The molecule has 0 bridgehead atoms. The largest absolute Gasteiger partial charge is 0.341 e. The van der Waals surface area contributed by atoms with E-state index in [0.717, 1.165) is 11.3 Å². The fourth-order valence-electron chi connectivity index (χ4n) is 1.33. The van der Waals surface area contributed by atoms with E-state index < -0.39 is 0 Å². The minimum Gasteiger partial charge on any atom is -0.341 e. The highest BCUT2D eigenvalue weighted by Crippen LogP contribution is 2.04. The van der Waals surface area contributed by atoms with Gasteiger partial charge < -0.3 is 4.90 Å². The second-order valence-electron chi connectivity index (χ2n) is 3.41. The van der Waals surface area contributed by atoms with Crippen LogP contribution in [0.2, 0.25) is 0 Å². The van der Waals surface area contributed by atoms with Crippen molar-refractivity contribution < 1.29 is 4.79 Å². The van der Waals surface area contributed by atoms with Crippen molar-refractivity contribution >= 4 is 5.91 Å². The molecule has 0 saturated heterocycles. The zero-order valence-corrected chi connectivity index (χ0v) is 8.95. The van der Waals surface area contributed by atoms with Crippen LogP contribution in [-0.2, 0) is 11.3 Å². The normalized spacial score (nSPS) is 9.93. The third-order valence-corrected chi connectivity index (χ3v) is 2.11. The first-order valence-corrected chi connectivity index (χ1v) is 4.79. The summed E-state index contributed by atoms with van der Waals surface area (Å²) < 4.78 is 0. The molecule has 1 amide bonds. The van der Waals surface area contributed by atoms with E-state index in [1.165, 1.54) is 0 Å². The average Bonchev–Trinajstić information content (AvgIpc) is 2.16. The van der Waals surface area contributed by atoms with Gasteiger partial charge in [0, 0.05) is 31.9 Å². The van der Waals surface area contributed by atoms with E-state index in [9.17, 15) is 4.79 Å². The molecule has 0 atom stereocenters. The smallest absolute Gasteiger partial charge is 0.222 e. The van der Waals surface area contributed by atoms with Crippen LogP contribution in [0.15, 0.2) is 18.3 Å². The molecular formula is C11H16N2O. The Morgan fingerprint density at radius 1 is 1.57 bits per heavy atom. The molecule has 1 rings (SSSR count). The molecule has 0 aliphatic carbocycles. The summed E-state index contributed by atoms with van der Waals surface area (Å²) in [6.45, 7) is 4.48. The molecule has 3 nitrogen and oxygen atoms in total. The molecule has 0 aliphatic heterocycles.